The van der Waals surface area contributed by atoms with E-state index in [2.05, 4.69) is 54.5 Å². The normalized spacial score (nSPS) is 24.6. The molecule has 0 aromatic heterocycles. The monoisotopic (exact) mass is 218 g/mol. The maximum absolute atomic E-state index is 3.68. The van der Waals surface area contributed by atoms with E-state index in [1.807, 2.05) is 0 Å². The highest BCUT2D eigenvalue weighted by Gasteiger charge is 2.32. The first-order valence-corrected chi connectivity index (χ1v) is 6.27. The van der Waals surface area contributed by atoms with Gasteiger partial charge in [0.05, 0.1) is 0 Å². The first-order chi connectivity index (χ1) is 7.76. The summed E-state index contributed by atoms with van der Waals surface area (Å²) in [6.45, 7) is 4.57. The number of para-hydroxylation sites is 1. The Balaban J connectivity index is 2.03. The molecule has 2 heteroatoms. The van der Waals surface area contributed by atoms with Crippen LogP contribution in [0.3, 0.4) is 0 Å². The highest BCUT2D eigenvalue weighted by atomic mass is 15.2. The Kier molecular flexibility index (Phi) is 3.49. The summed E-state index contributed by atoms with van der Waals surface area (Å²) in [4.78, 5) is 2.36. The Bertz CT molecular complexity index is 315. The number of hydrogen-bond donors (Lipinski definition) is 1. The number of rotatable bonds is 4. The fraction of sp³-hybridized carbons (Fsp3) is 0.571. The Morgan fingerprint density at radius 3 is 2.62 bits per heavy atom. The van der Waals surface area contributed by atoms with Crippen LogP contribution in [0.5, 0.6) is 0 Å². The van der Waals surface area contributed by atoms with Crippen molar-refractivity contribution in [2.24, 2.45) is 0 Å². The minimum absolute atomic E-state index is 0.338. The molecule has 16 heavy (non-hydrogen) atoms. The lowest BCUT2D eigenvalue weighted by Crippen LogP contribution is -2.48. The number of likely N-dealkylation sites (N-methyl/N-ethyl adjacent to an activating group) is 1. The van der Waals surface area contributed by atoms with Gasteiger partial charge in [-0.1, -0.05) is 25.1 Å². The van der Waals surface area contributed by atoms with Crippen LogP contribution in [0.4, 0.5) is 5.69 Å². The number of benzene rings is 1. The summed E-state index contributed by atoms with van der Waals surface area (Å²) in [7, 11) is 2.19. The molecule has 1 aliphatic heterocycles. The molecule has 1 unspecified atom stereocenters. The number of hydrogen-bond acceptors (Lipinski definition) is 2. The lowest BCUT2D eigenvalue weighted by Gasteiger charge is -2.34. The molecular weight excluding hydrogens is 196 g/mol. The van der Waals surface area contributed by atoms with Crippen LogP contribution >= 0.6 is 0 Å². The van der Waals surface area contributed by atoms with E-state index in [1.54, 1.807) is 0 Å². The van der Waals surface area contributed by atoms with E-state index in [-0.39, 0.29) is 0 Å². The second-order valence-corrected chi connectivity index (χ2v) is 4.86. The molecule has 2 rings (SSSR count). The molecule has 2 nitrogen and oxygen atoms in total. The summed E-state index contributed by atoms with van der Waals surface area (Å²) in [6, 6.07) is 10.6. The second kappa shape index (κ2) is 4.88. The van der Waals surface area contributed by atoms with Gasteiger partial charge in [-0.2, -0.15) is 0 Å². The zero-order chi connectivity index (χ0) is 11.4. The Morgan fingerprint density at radius 1 is 1.31 bits per heavy atom. The van der Waals surface area contributed by atoms with Gasteiger partial charge in [-0.3, -0.25) is 0 Å². The highest BCUT2D eigenvalue weighted by molar-refractivity contribution is 5.45. The first-order valence-electron chi connectivity index (χ1n) is 6.27. The third-order valence-electron chi connectivity index (χ3n) is 3.75. The lowest BCUT2D eigenvalue weighted by atomic mass is 9.93. The average molecular weight is 218 g/mol. The first kappa shape index (κ1) is 11.5. The maximum Gasteiger partial charge on any atom is 0.0364 e. The van der Waals surface area contributed by atoms with Crippen LogP contribution < -0.4 is 10.2 Å². The summed E-state index contributed by atoms with van der Waals surface area (Å²) in [5.74, 6) is 0. The maximum atomic E-state index is 3.68. The van der Waals surface area contributed by atoms with Crippen LogP contribution in [0, 0.1) is 0 Å². The standard InChI is InChI=1S/C14H22N2/c1-3-14(10-7-11-15-14)12-16(2)13-8-5-4-6-9-13/h4-6,8-9,15H,3,7,10-12H2,1-2H3. The van der Waals surface area contributed by atoms with Crippen molar-refractivity contribution in [2.45, 2.75) is 31.7 Å². The van der Waals surface area contributed by atoms with Gasteiger partial charge in [0.25, 0.3) is 0 Å². The van der Waals surface area contributed by atoms with Crippen LogP contribution in [0.1, 0.15) is 26.2 Å². The quantitative estimate of drug-likeness (QED) is 0.836. The van der Waals surface area contributed by atoms with Crippen molar-refractivity contribution in [1.82, 2.24) is 5.32 Å². The van der Waals surface area contributed by atoms with E-state index in [4.69, 9.17) is 0 Å². The molecule has 0 aliphatic carbocycles. The molecule has 88 valence electrons. The predicted molar refractivity (Wildman–Crippen MR) is 70.0 cm³/mol. The van der Waals surface area contributed by atoms with Crippen molar-refractivity contribution in [3.05, 3.63) is 30.3 Å². The minimum atomic E-state index is 0.338. The highest BCUT2D eigenvalue weighted by Crippen LogP contribution is 2.25. The van der Waals surface area contributed by atoms with Crippen LogP contribution in [-0.4, -0.2) is 25.7 Å². The molecule has 1 N–H and O–H groups in total. The zero-order valence-electron chi connectivity index (χ0n) is 10.4. The summed E-state index contributed by atoms with van der Waals surface area (Å²) < 4.78 is 0. The van der Waals surface area contributed by atoms with E-state index in [0.29, 0.717) is 5.54 Å². The van der Waals surface area contributed by atoms with Gasteiger partial charge >= 0.3 is 0 Å². The SMILES string of the molecule is CCC1(CN(C)c2ccccc2)CCCN1. The van der Waals surface area contributed by atoms with Crippen LogP contribution in [-0.2, 0) is 0 Å². The second-order valence-electron chi connectivity index (χ2n) is 4.86. The fourth-order valence-corrected chi connectivity index (χ4v) is 2.65. The molecule has 0 amide bonds. The van der Waals surface area contributed by atoms with E-state index in [9.17, 15) is 0 Å². The van der Waals surface area contributed by atoms with Crippen molar-refractivity contribution in [3.8, 4) is 0 Å². The van der Waals surface area contributed by atoms with Crippen molar-refractivity contribution >= 4 is 5.69 Å². The minimum Gasteiger partial charge on any atom is -0.373 e. The molecule has 0 spiro atoms. The van der Waals surface area contributed by atoms with E-state index in [0.717, 1.165) is 6.54 Å². The molecule has 1 fully saturated rings. The molecule has 1 saturated heterocycles. The summed E-state index contributed by atoms with van der Waals surface area (Å²) in [5.41, 5.74) is 1.65. The van der Waals surface area contributed by atoms with Gasteiger partial charge in [0, 0.05) is 24.8 Å². The van der Waals surface area contributed by atoms with Crippen LogP contribution in [0.15, 0.2) is 30.3 Å². The van der Waals surface area contributed by atoms with Crippen LogP contribution in [0.2, 0.25) is 0 Å². The summed E-state index contributed by atoms with van der Waals surface area (Å²) in [6.07, 6.45) is 3.83. The molecule has 1 heterocycles. The van der Waals surface area contributed by atoms with E-state index >= 15 is 0 Å². The third kappa shape index (κ3) is 2.38. The summed E-state index contributed by atoms with van der Waals surface area (Å²) >= 11 is 0. The van der Waals surface area contributed by atoms with Crippen molar-refractivity contribution < 1.29 is 0 Å². The third-order valence-corrected chi connectivity index (χ3v) is 3.75. The van der Waals surface area contributed by atoms with Crippen molar-refractivity contribution in [2.75, 3.05) is 25.0 Å². The smallest absolute Gasteiger partial charge is 0.0364 e. The molecule has 1 aromatic carbocycles. The lowest BCUT2D eigenvalue weighted by molar-refractivity contribution is 0.367. The van der Waals surface area contributed by atoms with Crippen LogP contribution in [0.25, 0.3) is 0 Å². The van der Waals surface area contributed by atoms with Gasteiger partial charge < -0.3 is 10.2 Å². The fourth-order valence-electron chi connectivity index (χ4n) is 2.65. The number of anilines is 1. The molecule has 0 bridgehead atoms. The van der Waals surface area contributed by atoms with E-state index in [1.165, 1.54) is 31.5 Å². The van der Waals surface area contributed by atoms with Crippen molar-refractivity contribution in [1.29, 1.82) is 0 Å². The van der Waals surface area contributed by atoms with Gasteiger partial charge in [-0.15, -0.1) is 0 Å². The zero-order valence-corrected chi connectivity index (χ0v) is 10.4. The summed E-state index contributed by atoms with van der Waals surface area (Å²) in [5, 5.41) is 3.68. The molecule has 1 atom stereocenters. The number of nitrogens with one attached hydrogen (secondary N) is 1. The van der Waals surface area contributed by atoms with Gasteiger partial charge in [-0.05, 0) is 37.9 Å². The van der Waals surface area contributed by atoms with Gasteiger partial charge in [0.1, 0.15) is 0 Å². The molecule has 0 saturated carbocycles. The van der Waals surface area contributed by atoms with Gasteiger partial charge in [0.15, 0.2) is 0 Å². The predicted octanol–water partition coefficient (Wildman–Crippen LogP) is 2.66. The molecule has 1 aromatic rings. The Hall–Kier alpha value is -1.02. The van der Waals surface area contributed by atoms with Gasteiger partial charge in [-0.25, -0.2) is 0 Å². The number of nitrogens with zero attached hydrogens (tertiary/aromatic N) is 1. The Labute approximate surface area is 98.7 Å². The molecular formula is C14H22N2. The topological polar surface area (TPSA) is 15.3 Å². The molecule has 0 radical (unpaired) electrons. The van der Waals surface area contributed by atoms with Gasteiger partial charge in [0.2, 0.25) is 0 Å². The van der Waals surface area contributed by atoms with E-state index < -0.39 is 0 Å². The largest absolute Gasteiger partial charge is 0.373 e. The average Bonchev–Trinajstić information content (AvgIpc) is 2.79. The van der Waals surface area contributed by atoms with Crippen molar-refractivity contribution in [3.63, 3.8) is 0 Å². The molecule has 1 aliphatic rings. The Morgan fingerprint density at radius 2 is 2.06 bits per heavy atom.